The van der Waals surface area contributed by atoms with Gasteiger partial charge in [-0.2, -0.15) is 0 Å². The van der Waals surface area contributed by atoms with Crippen LogP contribution in [0.4, 0.5) is 0 Å². The van der Waals surface area contributed by atoms with Crippen LogP contribution in [-0.2, 0) is 24.1 Å². The molecule has 0 amide bonds. The van der Waals surface area contributed by atoms with Gasteiger partial charge in [0.05, 0.1) is 41.5 Å². The number of ketones is 2. The smallest absolute Gasteiger partial charge is 0.169 e. The Balaban J connectivity index is 0.000000197. The molecule has 600 valence electrons. The number of unbranched alkanes of at least 4 members (excludes halogenated alkanes) is 6. The number of hydrogen-bond acceptors (Lipinski definition) is 11. The van der Waals surface area contributed by atoms with Crippen LogP contribution < -0.4 is 0 Å². The third-order valence-electron chi connectivity index (χ3n) is 26.8. The minimum Gasteiger partial charge on any atom is -0.393 e. The number of hydrogen-bond donors (Lipinski definition) is 6. The number of aliphatic hydroxyl groups excluding tert-OH is 6. The number of aliphatic hydroxyl groups is 6. The van der Waals surface area contributed by atoms with Gasteiger partial charge in [0.1, 0.15) is 5.78 Å². The van der Waals surface area contributed by atoms with Gasteiger partial charge < -0.3 is 35.4 Å². The number of carbonyl (C=O) groups is 2. The van der Waals surface area contributed by atoms with E-state index in [4.69, 9.17) is 46.4 Å². The molecule has 18 atom stereocenters. The maximum atomic E-state index is 11.4. The summed E-state index contributed by atoms with van der Waals surface area (Å²) in [5.41, 5.74) is 0.472. The fraction of sp³-hybridized carbons (Fsp3) is 0.758. The lowest BCUT2D eigenvalue weighted by Gasteiger charge is -2.45. The van der Waals surface area contributed by atoms with Crippen molar-refractivity contribution in [2.45, 2.75) is 370 Å². The average molecular weight is 1600 g/mol. The Morgan fingerprint density at radius 2 is 0.906 bits per heavy atom. The molecule has 8 nitrogen and oxygen atoms in total. The topological polar surface area (TPSA) is 156 Å². The molecule has 7 fully saturated rings. The minimum atomic E-state index is -0.402. The highest BCUT2D eigenvalue weighted by atomic mass is 35.5. The molecule has 0 radical (unpaired) electrons. The lowest BCUT2D eigenvalue weighted by atomic mass is 9.63. The molecule has 7 aliphatic carbocycles. The molecular weight excluding hydrogens is 1460 g/mol. The Bertz CT molecular complexity index is 3070. The molecule has 7 saturated carbocycles. The molecule has 0 aliphatic heterocycles. The Kier molecular flexibility index (Phi) is 40.8. The molecule has 15 heteroatoms. The standard InChI is InChI=1S/C23H37ClO3.C23H35ClO2S.C23H35ClOS.C22H35ClO2S/c1-3-23(14-9-15-23)22(27)13-8-12-19-18(20(24)16-21(19)26)11-7-5-4-6-10-17(2)25;1-3-23(13-6-14-23)22(26)10-5-9-19-18(20(24)15-21(19)25)8-4-7-17-12-11-16(2)27-17;1-3-23(15-6-16-23)22(25)10-5-9-20-18(12-14-21(20)24)7-4-8-19-13-11-17(2)26-19;1-3-4-5-6-7-8-11-19-18(20(23)15-21(19)25)12-9-10-17-13-14-22(26-17)16(2)24/h5,7-8,12,18-22,26-27H,3-4,6,9-11,13-16H2,1-2H3;5,9,11-12,18-22,25-26H,3-4,6-8,10,13-15H2,1-2H3;5,9,11,13,18,20-22,25H,3-4,6-8,10,12,14-16H2,1-2H3;13-14,18-21,25H,3-12,15H2,1-2H3/b7-5-,12-8+;2*9-5+;/t2*18-,19-,20-,21-,22?;18-,20+,21+,22?;18-,19-,20-,21-/m1101/s1. The van der Waals surface area contributed by atoms with E-state index in [-0.39, 0.29) is 97.6 Å². The van der Waals surface area contributed by atoms with Gasteiger partial charge in [0.15, 0.2) is 5.78 Å². The maximum absolute atomic E-state index is 11.4. The van der Waals surface area contributed by atoms with Crippen molar-refractivity contribution in [3.8, 4) is 0 Å². The van der Waals surface area contributed by atoms with Crippen LogP contribution in [0.5, 0.6) is 0 Å². The molecule has 3 unspecified atom stereocenters. The van der Waals surface area contributed by atoms with Gasteiger partial charge in [-0.05, 0) is 308 Å². The van der Waals surface area contributed by atoms with Crippen LogP contribution in [-0.4, -0.2) is 100 Å². The summed E-state index contributed by atoms with van der Waals surface area (Å²) in [7, 11) is 0. The van der Waals surface area contributed by atoms with Crippen LogP contribution in [0.3, 0.4) is 0 Å². The summed E-state index contributed by atoms with van der Waals surface area (Å²) in [5, 5.41) is 63.5. The van der Waals surface area contributed by atoms with Gasteiger partial charge in [-0.3, -0.25) is 4.79 Å². The number of halogens is 4. The third kappa shape index (κ3) is 27.8. The Hall–Kier alpha value is -1.68. The fourth-order valence-corrected chi connectivity index (χ4v) is 23.7. The van der Waals surface area contributed by atoms with E-state index in [2.05, 4.69) is 120 Å². The number of Topliss-reactive ketones (excluding diaryl/α,β-unsaturated/α-hetero) is 2. The van der Waals surface area contributed by atoms with Gasteiger partial charge in [-0.15, -0.1) is 80.4 Å². The second-order valence-electron chi connectivity index (χ2n) is 33.8. The van der Waals surface area contributed by atoms with Crippen LogP contribution >= 0.6 is 80.4 Å². The van der Waals surface area contributed by atoms with Crippen LogP contribution in [0.25, 0.3) is 0 Å². The van der Waals surface area contributed by atoms with Crippen molar-refractivity contribution < 1.29 is 40.2 Å². The first kappa shape index (κ1) is 91.5. The predicted octanol–water partition coefficient (Wildman–Crippen LogP) is 24.6. The molecule has 0 bridgehead atoms. The summed E-state index contributed by atoms with van der Waals surface area (Å²) < 4.78 is 0. The Morgan fingerprint density at radius 3 is 1.37 bits per heavy atom. The first-order valence-corrected chi connectivity index (χ1v) is 46.6. The molecule has 0 saturated heterocycles. The number of carbonyl (C=O) groups excluding carboxylic acids is 2. The van der Waals surface area contributed by atoms with Gasteiger partial charge >= 0.3 is 0 Å². The molecule has 0 aromatic carbocycles. The zero-order chi connectivity index (χ0) is 76.8. The van der Waals surface area contributed by atoms with Crippen LogP contribution in [0, 0.1) is 77.4 Å². The van der Waals surface area contributed by atoms with Gasteiger partial charge in [-0.25, -0.2) is 0 Å². The van der Waals surface area contributed by atoms with Crippen molar-refractivity contribution in [1.29, 1.82) is 0 Å². The summed E-state index contributed by atoms with van der Waals surface area (Å²) in [5.74, 6) is 3.16. The van der Waals surface area contributed by atoms with Gasteiger partial charge in [-0.1, -0.05) is 134 Å². The SMILES string of the molecule is CCC1(C(O)C/C=C/[C@@H]2[C@@H](C/C=C\CCCC(C)=O)[C@H](Cl)C[C@H]2O)CCC1.CCC1(C(O)C/C=C/[C@@H]2[C@@H](CCCc3ccc(C)s3)CC[C@H]2Cl)CCC1.CCC1(C(O)C/C=C/[C@@H]2[C@@H](CCCc3ccc(C)s3)[C@H](Cl)C[C@H]2O)CCC1.CCCCCCCC[C@@H]1[C@@H](CCCc2ccc(C(C)=O)s2)[C@H](Cl)C[C@H]1O. The van der Waals surface area contributed by atoms with E-state index in [1.165, 1.54) is 121 Å². The number of alkyl halides is 4. The summed E-state index contributed by atoms with van der Waals surface area (Å²) >= 11 is 31.7. The first-order chi connectivity index (χ1) is 50.9. The zero-order valence-electron chi connectivity index (χ0n) is 66.5. The number of allylic oxidation sites excluding steroid dienone is 3. The highest BCUT2D eigenvalue weighted by Gasteiger charge is 2.46. The quantitative estimate of drug-likeness (QED) is 0.0142. The van der Waals surface area contributed by atoms with E-state index in [9.17, 15) is 40.2 Å². The van der Waals surface area contributed by atoms with Crippen molar-refractivity contribution in [1.82, 2.24) is 0 Å². The lowest BCUT2D eigenvalue weighted by Crippen LogP contribution is -2.40. The number of aryl methyl sites for hydroxylation is 5. The molecule has 106 heavy (non-hydrogen) atoms. The van der Waals surface area contributed by atoms with E-state index in [1.54, 1.807) is 25.2 Å². The molecular formula is C91H142Cl4O8S3. The van der Waals surface area contributed by atoms with Crippen molar-refractivity contribution in [2.24, 2.45) is 63.6 Å². The van der Waals surface area contributed by atoms with E-state index >= 15 is 0 Å². The minimum absolute atomic E-state index is 0.0185. The molecule has 0 spiro atoms. The summed E-state index contributed by atoms with van der Waals surface area (Å²) in [6.07, 6.45) is 58.5. The Morgan fingerprint density at radius 1 is 0.472 bits per heavy atom. The summed E-state index contributed by atoms with van der Waals surface area (Å²) in [6.45, 7) is 16.4. The largest absolute Gasteiger partial charge is 0.393 e. The van der Waals surface area contributed by atoms with E-state index in [0.29, 0.717) is 55.8 Å². The van der Waals surface area contributed by atoms with Gasteiger partial charge in [0, 0.05) is 64.2 Å². The number of thiophene rings is 3. The normalized spacial score (nSPS) is 29.4. The highest BCUT2D eigenvalue weighted by molar-refractivity contribution is 7.14. The average Bonchev–Trinajstić information content (AvgIpc) is 1.32. The fourth-order valence-electron chi connectivity index (χ4n) is 19.0. The van der Waals surface area contributed by atoms with Crippen molar-refractivity contribution >= 4 is 92.0 Å². The lowest BCUT2D eigenvalue weighted by molar-refractivity contribution is -0.117. The Labute approximate surface area is 675 Å². The highest BCUT2D eigenvalue weighted by Crippen LogP contribution is 2.51. The van der Waals surface area contributed by atoms with Crippen LogP contribution in [0.15, 0.2) is 85.0 Å². The summed E-state index contributed by atoms with van der Waals surface area (Å²) in [4.78, 5) is 30.3. The molecule has 6 N–H and O–H groups in total. The van der Waals surface area contributed by atoms with Crippen molar-refractivity contribution in [3.05, 3.63) is 114 Å². The third-order valence-corrected chi connectivity index (χ3v) is 32.2. The maximum Gasteiger partial charge on any atom is 0.169 e. The van der Waals surface area contributed by atoms with Gasteiger partial charge in [0.2, 0.25) is 0 Å². The summed E-state index contributed by atoms with van der Waals surface area (Å²) in [6, 6.07) is 12.9. The molecule has 3 heterocycles. The first-order valence-electron chi connectivity index (χ1n) is 42.4. The monoisotopic (exact) mass is 1600 g/mol. The molecule has 7 aliphatic rings. The van der Waals surface area contributed by atoms with Gasteiger partial charge in [0.25, 0.3) is 0 Å². The second kappa shape index (κ2) is 47.2. The predicted molar refractivity (Wildman–Crippen MR) is 454 cm³/mol. The second-order valence-corrected chi connectivity index (χ2v) is 40.0. The van der Waals surface area contributed by atoms with E-state index in [0.717, 1.165) is 139 Å². The molecule has 3 aromatic heterocycles. The van der Waals surface area contributed by atoms with E-state index in [1.807, 2.05) is 28.7 Å². The van der Waals surface area contributed by atoms with Crippen LogP contribution in [0.1, 0.15) is 313 Å². The molecule has 3 aromatic rings. The molecule has 10 rings (SSSR count). The van der Waals surface area contributed by atoms with Crippen LogP contribution in [0.2, 0.25) is 0 Å². The zero-order valence-corrected chi connectivity index (χ0v) is 72.0. The van der Waals surface area contributed by atoms with Crippen molar-refractivity contribution in [3.63, 3.8) is 0 Å². The van der Waals surface area contributed by atoms with Crippen molar-refractivity contribution in [2.75, 3.05) is 0 Å². The van der Waals surface area contributed by atoms with E-state index < -0.39 is 6.10 Å². The number of rotatable bonds is 41.